The Morgan fingerprint density at radius 3 is 2.57 bits per heavy atom. The SMILES string of the molecule is COc1c(C)c2c(c(O)c1CC=C(C)CCC(=O)NC(C(N)=O)C(C)C)C(=O)OC2. The Bertz CT molecular complexity index is 888. The molecule has 0 aromatic heterocycles. The van der Waals surface area contributed by atoms with Crippen molar-refractivity contribution in [3.05, 3.63) is 33.9 Å². The summed E-state index contributed by atoms with van der Waals surface area (Å²) in [7, 11) is 1.51. The molecule has 0 spiro atoms. The second-order valence-electron chi connectivity index (χ2n) is 7.86. The first-order valence-electron chi connectivity index (χ1n) is 9.91. The maximum atomic E-state index is 12.1. The van der Waals surface area contributed by atoms with Crippen LogP contribution in [0.5, 0.6) is 11.5 Å². The van der Waals surface area contributed by atoms with E-state index in [0.29, 0.717) is 29.7 Å². The smallest absolute Gasteiger partial charge is 0.342 e. The lowest BCUT2D eigenvalue weighted by atomic mass is 9.94. The summed E-state index contributed by atoms with van der Waals surface area (Å²) in [5.41, 5.74) is 8.35. The molecule has 30 heavy (non-hydrogen) atoms. The molecule has 8 nitrogen and oxygen atoms in total. The largest absolute Gasteiger partial charge is 0.507 e. The van der Waals surface area contributed by atoms with Gasteiger partial charge >= 0.3 is 5.97 Å². The number of phenols is 1. The van der Waals surface area contributed by atoms with Gasteiger partial charge in [-0.05, 0) is 38.2 Å². The number of carbonyl (C=O) groups is 3. The lowest BCUT2D eigenvalue weighted by Gasteiger charge is -2.19. The van der Waals surface area contributed by atoms with Crippen molar-refractivity contribution in [2.24, 2.45) is 11.7 Å². The van der Waals surface area contributed by atoms with Gasteiger partial charge in [0.15, 0.2) is 0 Å². The second-order valence-corrected chi connectivity index (χ2v) is 7.86. The molecule has 0 bridgehead atoms. The van der Waals surface area contributed by atoms with Crippen LogP contribution in [-0.4, -0.2) is 36.0 Å². The molecule has 2 amide bonds. The van der Waals surface area contributed by atoms with Crippen LogP contribution in [-0.2, 0) is 27.4 Å². The topological polar surface area (TPSA) is 128 Å². The van der Waals surface area contributed by atoms with Gasteiger partial charge in [0.1, 0.15) is 29.7 Å². The number of benzene rings is 1. The van der Waals surface area contributed by atoms with E-state index < -0.39 is 17.9 Å². The van der Waals surface area contributed by atoms with E-state index in [9.17, 15) is 19.5 Å². The summed E-state index contributed by atoms with van der Waals surface area (Å²) < 4.78 is 10.5. The van der Waals surface area contributed by atoms with E-state index >= 15 is 0 Å². The van der Waals surface area contributed by atoms with Crippen LogP contribution in [0, 0.1) is 12.8 Å². The number of allylic oxidation sites excluding steroid dienone is 2. The number of methoxy groups -OCH3 is 1. The van der Waals surface area contributed by atoms with E-state index in [1.54, 1.807) is 0 Å². The molecule has 1 aliphatic rings. The molecular formula is C22H30N2O6. The summed E-state index contributed by atoms with van der Waals surface area (Å²) in [6.45, 7) is 7.45. The lowest BCUT2D eigenvalue weighted by Crippen LogP contribution is -2.47. The zero-order valence-electron chi connectivity index (χ0n) is 18.1. The summed E-state index contributed by atoms with van der Waals surface area (Å²) >= 11 is 0. The fraction of sp³-hybridized carbons (Fsp3) is 0.500. The van der Waals surface area contributed by atoms with Crippen molar-refractivity contribution in [1.82, 2.24) is 5.32 Å². The summed E-state index contributed by atoms with van der Waals surface area (Å²) in [5.74, 6) is -1.05. The van der Waals surface area contributed by atoms with Gasteiger partial charge in [0.2, 0.25) is 11.8 Å². The summed E-state index contributed by atoms with van der Waals surface area (Å²) in [6, 6.07) is -0.697. The molecule has 1 unspecified atom stereocenters. The fourth-order valence-electron chi connectivity index (χ4n) is 3.53. The Balaban J connectivity index is 2.10. The van der Waals surface area contributed by atoms with E-state index in [-0.39, 0.29) is 36.2 Å². The Morgan fingerprint density at radius 1 is 1.33 bits per heavy atom. The molecule has 1 heterocycles. The first-order valence-corrected chi connectivity index (χ1v) is 9.91. The predicted octanol–water partition coefficient (Wildman–Crippen LogP) is 2.27. The zero-order chi connectivity index (χ0) is 22.6. The second kappa shape index (κ2) is 9.65. The van der Waals surface area contributed by atoms with E-state index in [0.717, 1.165) is 11.1 Å². The number of esters is 1. The summed E-state index contributed by atoms with van der Waals surface area (Å²) in [4.78, 5) is 35.5. The Morgan fingerprint density at radius 2 is 2.00 bits per heavy atom. The molecule has 164 valence electrons. The van der Waals surface area contributed by atoms with Crippen molar-refractivity contribution in [3.63, 3.8) is 0 Å². The Hall–Kier alpha value is -3.03. The van der Waals surface area contributed by atoms with Crippen molar-refractivity contribution in [1.29, 1.82) is 0 Å². The molecule has 2 rings (SSSR count). The van der Waals surface area contributed by atoms with Crippen molar-refractivity contribution < 1.29 is 29.0 Å². The number of primary amides is 1. The number of amides is 2. The molecule has 0 radical (unpaired) electrons. The third-order valence-electron chi connectivity index (χ3n) is 5.34. The van der Waals surface area contributed by atoms with Gasteiger partial charge in [-0.1, -0.05) is 25.5 Å². The van der Waals surface area contributed by atoms with Gasteiger partial charge in [-0.15, -0.1) is 0 Å². The maximum absolute atomic E-state index is 12.1. The number of nitrogens with one attached hydrogen (secondary N) is 1. The van der Waals surface area contributed by atoms with E-state index in [1.165, 1.54) is 7.11 Å². The number of hydrogen-bond acceptors (Lipinski definition) is 6. The molecule has 1 aromatic carbocycles. The fourth-order valence-corrected chi connectivity index (χ4v) is 3.53. The summed E-state index contributed by atoms with van der Waals surface area (Å²) in [6.07, 6.45) is 2.90. The molecule has 4 N–H and O–H groups in total. The zero-order valence-corrected chi connectivity index (χ0v) is 18.1. The van der Waals surface area contributed by atoms with Gasteiger partial charge in [-0.25, -0.2) is 4.79 Å². The first kappa shape index (κ1) is 23.3. The molecule has 1 aliphatic heterocycles. The van der Waals surface area contributed by atoms with Crippen LogP contribution in [0.25, 0.3) is 0 Å². The van der Waals surface area contributed by atoms with Crippen LogP contribution in [0.3, 0.4) is 0 Å². The molecule has 0 saturated heterocycles. The van der Waals surface area contributed by atoms with Crippen LogP contribution in [0.4, 0.5) is 0 Å². The number of phenolic OH excluding ortho intramolecular Hbond substituents is 1. The van der Waals surface area contributed by atoms with E-state index in [1.807, 2.05) is 33.8 Å². The average Bonchev–Trinajstić information content (AvgIpc) is 3.07. The molecule has 1 atom stereocenters. The van der Waals surface area contributed by atoms with Gasteiger partial charge in [0, 0.05) is 17.5 Å². The van der Waals surface area contributed by atoms with Crippen LogP contribution in [0.1, 0.15) is 60.7 Å². The van der Waals surface area contributed by atoms with E-state index in [2.05, 4.69) is 5.32 Å². The molecule has 0 fully saturated rings. The quantitative estimate of drug-likeness (QED) is 0.417. The minimum Gasteiger partial charge on any atom is -0.507 e. The highest BCUT2D eigenvalue weighted by molar-refractivity contribution is 5.98. The normalized spacial score (nSPS) is 14.3. The highest BCUT2D eigenvalue weighted by atomic mass is 16.5. The first-order chi connectivity index (χ1) is 14.1. The maximum Gasteiger partial charge on any atom is 0.342 e. The molecular weight excluding hydrogens is 388 g/mol. The Kier molecular flexibility index (Phi) is 7.48. The number of carbonyl (C=O) groups excluding carboxylic acids is 3. The third kappa shape index (κ3) is 4.93. The average molecular weight is 418 g/mol. The van der Waals surface area contributed by atoms with Gasteiger partial charge in [0.05, 0.1) is 7.11 Å². The van der Waals surface area contributed by atoms with Crippen LogP contribution < -0.4 is 15.8 Å². The molecule has 1 aromatic rings. The predicted molar refractivity (Wildman–Crippen MR) is 111 cm³/mol. The van der Waals surface area contributed by atoms with Gasteiger partial charge in [-0.2, -0.15) is 0 Å². The number of aromatic hydroxyl groups is 1. The van der Waals surface area contributed by atoms with Gasteiger partial charge < -0.3 is 25.6 Å². The number of ether oxygens (including phenoxy) is 2. The number of rotatable bonds is 9. The lowest BCUT2D eigenvalue weighted by molar-refractivity contribution is -0.128. The number of hydrogen-bond donors (Lipinski definition) is 3. The van der Waals surface area contributed by atoms with Gasteiger partial charge in [0.25, 0.3) is 0 Å². The van der Waals surface area contributed by atoms with Crippen LogP contribution in [0.15, 0.2) is 11.6 Å². The van der Waals surface area contributed by atoms with Crippen molar-refractivity contribution in [2.45, 2.75) is 59.6 Å². The van der Waals surface area contributed by atoms with Crippen molar-refractivity contribution in [2.75, 3.05) is 7.11 Å². The third-order valence-corrected chi connectivity index (χ3v) is 5.34. The standard InChI is InChI=1S/C22H30N2O6/c1-11(2)18(21(23)27)24-16(25)9-7-12(3)6-8-14-19(26)17-15(10-30-22(17)28)13(4)20(14)29-5/h6,11,18,26H,7-10H2,1-5H3,(H2,23,27)(H,24,25). The highest BCUT2D eigenvalue weighted by Crippen LogP contribution is 2.42. The summed E-state index contributed by atoms with van der Waals surface area (Å²) in [5, 5.41) is 13.3. The van der Waals surface area contributed by atoms with Crippen LogP contribution in [0.2, 0.25) is 0 Å². The number of cyclic esters (lactones) is 1. The number of fused-ring (bicyclic) bond motifs is 1. The highest BCUT2D eigenvalue weighted by Gasteiger charge is 2.31. The Labute approximate surface area is 176 Å². The minimum absolute atomic E-state index is 0.0896. The minimum atomic E-state index is -0.697. The van der Waals surface area contributed by atoms with Crippen molar-refractivity contribution >= 4 is 17.8 Å². The van der Waals surface area contributed by atoms with Gasteiger partial charge in [-0.3, -0.25) is 9.59 Å². The monoisotopic (exact) mass is 418 g/mol. The molecule has 8 heteroatoms. The van der Waals surface area contributed by atoms with E-state index in [4.69, 9.17) is 15.2 Å². The number of nitrogens with two attached hydrogens (primary N) is 1. The van der Waals surface area contributed by atoms with Crippen molar-refractivity contribution in [3.8, 4) is 11.5 Å². The molecule has 0 aliphatic carbocycles. The van der Waals surface area contributed by atoms with Crippen LogP contribution >= 0.6 is 0 Å². The molecule has 0 saturated carbocycles.